The normalized spacial score (nSPS) is 19.2. The number of rotatable bonds is 8. The van der Waals surface area contributed by atoms with Crippen molar-refractivity contribution in [3.05, 3.63) is 106 Å². The number of carbonyl (C=O) groups is 1. The van der Waals surface area contributed by atoms with E-state index in [9.17, 15) is 15.0 Å². The summed E-state index contributed by atoms with van der Waals surface area (Å²) in [5.74, 6) is -0.495. The molecule has 4 rings (SSSR count). The van der Waals surface area contributed by atoms with Crippen LogP contribution in [0.15, 0.2) is 83.3 Å². The fraction of sp³-hybridized carbons (Fsp3) is 0.269. The van der Waals surface area contributed by atoms with E-state index in [0.717, 1.165) is 26.7 Å². The van der Waals surface area contributed by atoms with Crippen LogP contribution < -0.4 is 10.6 Å². The van der Waals surface area contributed by atoms with E-state index in [1.54, 1.807) is 0 Å². The Hall–Kier alpha value is -2.51. The highest BCUT2D eigenvalue weighted by molar-refractivity contribution is 9.10. The number of halogens is 1. The van der Waals surface area contributed by atoms with Gasteiger partial charge in [-0.3, -0.25) is 4.79 Å². The number of amides is 1. The average molecular weight is 495 g/mol. The third-order valence-electron chi connectivity index (χ3n) is 5.91. The lowest BCUT2D eigenvalue weighted by Crippen LogP contribution is -2.55. The monoisotopic (exact) mass is 494 g/mol. The molecule has 6 heteroatoms. The molecule has 166 valence electrons. The number of aliphatic hydroxyl groups is 2. The third-order valence-corrected chi connectivity index (χ3v) is 6.44. The Morgan fingerprint density at radius 2 is 1.66 bits per heavy atom. The highest BCUT2D eigenvalue weighted by Crippen LogP contribution is 2.32. The van der Waals surface area contributed by atoms with Crippen LogP contribution in [0.5, 0.6) is 0 Å². The Bertz CT molecular complexity index is 1060. The van der Waals surface area contributed by atoms with Gasteiger partial charge in [0.05, 0.1) is 12.1 Å². The lowest BCUT2D eigenvalue weighted by Gasteiger charge is -2.30. The molecule has 0 radical (unpaired) electrons. The van der Waals surface area contributed by atoms with Gasteiger partial charge in [0.2, 0.25) is 0 Å². The van der Waals surface area contributed by atoms with Crippen molar-refractivity contribution in [2.24, 2.45) is 0 Å². The summed E-state index contributed by atoms with van der Waals surface area (Å²) in [5, 5.41) is 28.2. The minimum atomic E-state index is -1.67. The number of carbonyl (C=O) groups excluding carboxylic acids is 1. The minimum absolute atomic E-state index is 0.0776. The molecule has 0 fully saturated rings. The van der Waals surface area contributed by atoms with Gasteiger partial charge in [-0.25, -0.2) is 0 Å². The topological polar surface area (TPSA) is 81.6 Å². The first-order valence-electron chi connectivity index (χ1n) is 10.7. The quantitative estimate of drug-likeness (QED) is 0.387. The van der Waals surface area contributed by atoms with Crippen LogP contribution in [-0.2, 0) is 24.2 Å². The molecule has 0 saturated heterocycles. The van der Waals surface area contributed by atoms with Crippen molar-refractivity contribution < 1.29 is 15.0 Å². The molecule has 0 bridgehead atoms. The maximum Gasteiger partial charge on any atom is 0.254 e. The summed E-state index contributed by atoms with van der Waals surface area (Å²) >= 11 is 3.43. The van der Waals surface area contributed by atoms with E-state index in [2.05, 4.69) is 26.6 Å². The molecular formula is C26H27BrN2O3. The summed E-state index contributed by atoms with van der Waals surface area (Å²) in [6.07, 6.45) is -0.0644. The van der Waals surface area contributed by atoms with Crippen molar-refractivity contribution in [3.8, 4) is 0 Å². The van der Waals surface area contributed by atoms with Crippen LogP contribution in [0.4, 0.5) is 0 Å². The highest BCUT2D eigenvalue weighted by Gasteiger charge is 2.40. The van der Waals surface area contributed by atoms with Crippen LogP contribution in [0, 0.1) is 0 Å². The van der Waals surface area contributed by atoms with E-state index in [1.807, 2.05) is 78.9 Å². The van der Waals surface area contributed by atoms with E-state index in [4.69, 9.17) is 0 Å². The predicted octanol–water partition coefficient (Wildman–Crippen LogP) is 3.29. The van der Waals surface area contributed by atoms with Gasteiger partial charge in [-0.1, -0.05) is 82.7 Å². The van der Waals surface area contributed by atoms with Crippen LogP contribution in [-0.4, -0.2) is 34.4 Å². The molecule has 1 aliphatic rings. The summed E-state index contributed by atoms with van der Waals surface area (Å²) in [5.41, 5.74) is 2.16. The lowest BCUT2D eigenvalue weighted by atomic mass is 9.92. The Balaban J connectivity index is 1.50. The Labute approximate surface area is 196 Å². The largest absolute Gasteiger partial charge is 0.390 e. The molecule has 0 saturated carbocycles. The van der Waals surface area contributed by atoms with E-state index in [1.165, 1.54) is 0 Å². The number of aliphatic hydroxyl groups excluding tert-OH is 1. The first kappa shape index (κ1) is 22.7. The zero-order valence-corrected chi connectivity index (χ0v) is 19.3. The summed E-state index contributed by atoms with van der Waals surface area (Å²) in [6, 6.07) is 24.5. The van der Waals surface area contributed by atoms with Crippen LogP contribution in [0.2, 0.25) is 0 Å². The van der Waals surface area contributed by atoms with E-state index < -0.39 is 23.7 Å². The van der Waals surface area contributed by atoms with Crippen LogP contribution in [0.25, 0.3) is 0 Å². The Morgan fingerprint density at radius 1 is 0.969 bits per heavy atom. The summed E-state index contributed by atoms with van der Waals surface area (Å²) in [6.45, 7) is 0.598. The van der Waals surface area contributed by atoms with Gasteiger partial charge in [0.1, 0.15) is 0 Å². The Morgan fingerprint density at radius 3 is 2.41 bits per heavy atom. The standard InChI is InChI=1S/C26H27BrN2O3/c27-21-12-10-19(11-13-21)16-28-17-26(32,15-18-6-2-1-3-7-18)25(31)29-24-22-9-5-4-8-20(22)14-23(24)30/h1-13,23-24,28,30,32H,14-17H2,(H,29,31)/t23-,24+,26+/m1/s1. The number of fused-ring (bicyclic) bond motifs is 1. The molecule has 1 amide bonds. The maximum absolute atomic E-state index is 13.3. The van der Waals surface area contributed by atoms with Crippen LogP contribution >= 0.6 is 15.9 Å². The molecule has 0 heterocycles. The summed E-state index contributed by atoms with van der Waals surface area (Å²) < 4.78 is 0.997. The molecule has 4 N–H and O–H groups in total. The second-order valence-corrected chi connectivity index (χ2v) is 9.26. The molecule has 32 heavy (non-hydrogen) atoms. The molecule has 3 aromatic rings. The van der Waals surface area contributed by atoms with Crippen molar-refractivity contribution >= 4 is 21.8 Å². The zero-order chi connectivity index (χ0) is 22.6. The van der Waals surface area contributed by atoms with E-state index in [-0.39, 0.29) is 13.0 Å². The molecule has 0 aromatic heterocycles. The van der Waals surface area contributed by atoms with Gasteiger partial charge in [0.15, 0.2) is 5.60 Å². The first-order chi connectivity index (χ1) is 15.4. The van der Waals surface area contributed by atoms with Gasteiger partial charge in [0, 0.05) is 30.4 Å². The van der Waals surface area contributed by atoms with Gasteiger partial charge < -0.3 is 20.8 Å². The Kier molecular flexibility index (Phi) is 7.06. The molecule has 5 nitrogen and oxygen atoms in total. The van der Waals surface area contributed by atoms with E-state index in [0.29, 0.717) is 13.0 Å². The number of benzene rings is 3. The van der Waals surface area contributed by atoms with Crippen molar-refractivity contribution in [1.82, 2.24) is 10.6 Å². The smallest absolute Gasteiger partial charge is 0.254 e. The van der Waals surface area contributed by atoms with Crippen molar-refractivity contribution in [1.29, 1.82) is 0 Å². The average Bonchev–Trinajstić information content (AvgIpc) is 3.11. The fourth-order valence-electron chi connectivity index (χ4n) is 4.20. The molecule has 0 aliphatic heterocycles. The van der Waals surface area contributed by atoms with Crippen LogP contribution in [0.1, 0.15) is 28.3 Å². The third kappa shape index (κ3) is 5.27. The fourth-order valence-corrected chi connectivity index (χ4v) is 4.46. The zero-order valence-electron chi connectivity index (χ0n) is 17.7. The summed E-state index contributed by atoms with van der Waals surface area (Å²) in [7, 11) is 0. The molecule has 1 aliphatic carbocycles. The maximum atomic E-state index is 13.3. The number of nitrogens with one attached hydrogen (secondary N) is 2. The lowest BCUT2D eigenvalue weighted by molar-refractivity contribution is -0.141. The van der Waals surface area contributed by atoms with Gasteiger partial charge in [-0.15, -0.1) is 0 Å². The van der Waals surface area contributed by atoms with Gasteiger partial charge in [0.25, 0.3) is 5.91 Å². The molecule has 0 spiro atoms. The molecular weight excluding hydrogens is 468 g/mol. The SMILES string of the molecule is O=C(N[C@H]1c2ccccc2C[C@H]1O)[C@@](O)(CNCc1ccc(Br)cc1)Cc1ccccc1. The van der Waals surface area contributed by atoms with Crippen molar-refractivity contribution in [2.75, 3.05) is 6.54 Å². The molecule has 0 unspecified atom stereocenters. The number of hydrogen-bond acceptors (Lipinski definition) is 4. The second-order valence-electron chi connectivity index (χ2n) is 8.35. The van der Waals surface area contributed by atoms with Crippen LogP contribution in [0.3, 0.4) is 0 Å². The van der Waals surface area contributed by atoms with E-state index >= 15 is 0 Å². The van der Waals surface area contributed by atoms with Gasteiger partial charge in [-0.2, -0.15) is 0 Å². The van der Waals surface area contributed by atoms with Crippen molar-refractivity contribution in [3.63, 3.8) is 0 Å². The predicted molar refractivity (Wildman–Crippen MR) is 128 cm³/mol. The minimum Gasteiger partial charge on any atom is -0.390 e. The highest BCUT2D eigenvalue weighted by atomic mass is 79.9. The van der Waals surface area contributed by atoms with Gasteiger partial charge in [-0.05, 0) is 34.4 Å². The first-order valence-corrected chi connectivity index (χ1v) is 11.5. The summed E-state index contributed by atoms with van der Waals surface area (Å²) in [4.78, 5) is 13.3. The van der Waals surface area contributed by atoms with Gasteiger partial charge >= 0.3 is 0 Å². The number of hydrogen-bond donors (Lipinski definition) is 4. The second kappa shape index (κ2) is 9.96. The molecule has 3 aromatic carbocycles. The van der Waals surface area contributed by atoms with Crippen molar-refractivity contribution in [2.45, 2.75) is 37.1 Å². The molecule has 3 atom stereocenters.